The number of carbonyl (C=O) groups is 2. The normalized spacial score (nSPS) is 15.1. The lowest BCUT2D eigenvalue weighted by molar-refractivity contribution is 0.0859. The molecule has 0 atom stereocenters. The number of rotatable bonds is 5. The number of ether oxygens (including phenoxy) is 1. The molecule has 2 rings (SSSR count). The predicted molar refractivity (Wildman–Crippen MR) is 85.3 cm³/mol. The van der Waals surface area contributed by atoms with Crippen LogP contribution in [0.15, 0.2) is 12.4 Å². The average molecular weight is 321 g/mol. The van der Waals surface area contributed by atoms with Crippen molar-refractivity contribution in [2.75, 3.05) is 31.6 Å². The summed E-state index contributed by atoms with van der Waals surface area (Å²) in [4.78, 5) is 33.6. The highest BCUT2D eigenvalue weighted by molar-refractivity contribution is 5.93. The van der Waals surface area contributed by atoms with Gasteiger partial charge in [0.05, 0.1) is 12.2 Å². The molecule has 8 heteroatoms. The zero-order chi connectivity index (χ0) is 16.7. The van der Waals surface area contributed by atoms with Crippen molar-refractivity contribution in [3.8, 4) is 0 Å². The van der Waals surface area contributed by atoms with E-state index in [-0.39, 0.29) is 18.0 Å². The van der Waals surface area contributed by atoms with Crippen LogP contribution in [0.4, 0.5) is 10.7 Å². The van der Waals surface area contributed by atoms with E-state index in [0.29, 0.717) is 44.0 Å². The third-order valence-corrected chi connectivity index (χ3v) is 3.61. The molecule has 2 heterocycles. The van der Waals surface area contributed by atoms with Crippen LogP contribution in [0.5, 0.6) is 0 Å². The Bertz CT molecular complexity index is 526. The third kappa shape index (κ3) is 4.80. The maximum Gasteiger partial charge on any atom is 0.409 e. The van der Waals surface area contributed by atoms with Gasteiger partial charge in [0.1, 0.15) is 0 Å². The Morgan fingerprint density at radius 1 is 1.26 bits per heavy atom. The van der Waals surface area contributed by atoms with Crippen molar-refractivity contribution in [1.82, 2.24) is 20.2 Å². The number of anilines is 1. The van der Waals surface area contributed by atoms with Gasteiger partial charge < -0.3 is 20.3 Å². The molecule has 1 saturated heterocycles. The summed E-state index contributed by atoms with van der Waals surface area (Å²) in [7, 11) is 0. The van der Waals surface area contributed by atoms with Crippen molar-refractivity contribution in [3.05, 3.63) is 18.0 Å². The second kappa shape index (κ2) is 8.30. The van der Waals surface area contributed by atoms with Gasteiger partial charge in [-0.1, -0.05) is 0 Å². The van der Waals surface area contributed by atoms with Crippen LogP contribution in [0, 0.1) is 0 Å². The first-order valence-corrected chi connectivity index (χ1v) is 7.92. The summed E-state index contributed by atoms with van der Waals surface area (Å²) in [6.07, 6.45) is 4.15. The minimum absolute atomic E-state index is 0.0432. The van der Waals surface area contributed by atoms with Crippen molar-refractivity contribution in [2.24, 2.45) is 0 Å². The average Bonchev–Trinajstić information content (AvgIpc) is 2.56. The van der Waals surface area contributed by atoms with Crippen LogP contribution in [0.1, 0.15) is 37.0 Å². The first-order valence-electron chi connectivity index (χ1n) is 7.92. The Labute approximate surface area is 135 Å². The van der Waals surface area contributed by atoms with E-state index in [2.05, 4.69) is 20.6 Å². The summed E-state index contributed by atoms with van der Waals surface area (Å²) in [6, 6.07) is 0.0432. The monoisotopic (exact) mass is 321 g/mol. The largest absolute Gasteiger partial charge is 0.450 e. The molecular weight excluding hydrogens is 298 g/mol. The number of carbonyl (C=O) groups excluding carboxylic acids is 2. The van der Waals surface area contributed by atoms with Crippen LogP contribution in [0.3, 0.4) is 0 Å². The van der Waals surface area contributed by atoms with E-state index in [0.717, 1.165) is 6.54 Å². The van der Waals surface area contributed by atoms with Crippen LogP contribution in [0.2, 0.25) is 0 Å². The summed E-state index contributed by atoms with van der Waals surface area (Å²) in [5, 5.41) is 5.94. The molecule has 2 N–H and O–H groups in total. The van der Waals surface area contributed by atoms with Gasteiger partial charge in [-0.3, -0.25) is 4.79 Å². The maximum atomic E-state index is 12.2. The summed E-state index contributed by atoms with van der Waals surface area (Å²) >= 11 is 0. The molecule has 0 radical (unpaired) electrons. The second-order valence-electron chi connectivity index (χ2n) is 5.26. The molecule has 0 saturated carbocycles. The van der Waals surface area contributed by atoms with Gasteiger partial charge in [-0.15, -0.1) is 0 Å². The van der Waals surface area contributed by atoms with Gasteiger partial charge in [0.15, 0.2) is 0 Å². The fourth-order valence-electron chi connectivity index (χ4n) is 2.38. The molecule has 126 valence electrons. The van der Waals surface area contributed by atoms with Crippen LogP contribution < -0.4 is 10.6 Å². The summed E-state index contributed by atoms with van der Waals surface area (Å²) in [5.41, 5.74) is 0.430. The van der Waals surface area contributed by atoms with Crippen molar-refractivity contribution < 1.29 is 14.3 Å². The van der Waals surface area contributed by atoms with Crippen molar-refractivity contribution in [1.29, 1.82) is 0 Å². The molecule has 1 aromatic heterocycles. The maximum absolute atomic E-state index is 12.2. The quantitative estimate of drug-likeness (QED) is 0.847. The first kappa shape index (κ1) is 17.0. The molecule has 8 nitrogen and oxygen atoms in total. The second-order valence-corrected chi connectivity index (χ2v) is 5.26. The van der Waals surface area contributed by atoms with Crippen LogP contribution >= 0.6 is 0 Å². The van der Waals surface area contributed by atoms with Crippen LogP contribution in [0.25, 0.3) is 0 Å². The number of hydrogen-bond donors (Lipinski definition) is 2. The molecule has 0 spiro atoms. The van der Waals surface area contributed by atoms with Gasteiger partial charge in [-0.2, -0.15) is 0 Å². The fraction of sp³-hybridized carbons (Fsp3) is 0.600. The molecule has 0 unspecified atom stereocenters. The lowest BCUT2D eigenvalue weighted by atomic mass is 10.1. The minimum atomic E-state index is -0.287. The Morgan fingerprint density at radius 3 is 2.48 bits per heavy atom. The van der Waals surface area contributed by atoms with Crippen LogP contribution in [-0.2, 0) is 4.74 Å². The van der Waals surface area contributed by atoms with Gasteiger partial charge in [-0.05, 0) is 26.7 Å². The molecule has 1 aliphatic rings. The van der Waals surface area contributed by atoms with Crippen molar-refractivity contribution in [2.45, 2.75) is 32.7 Å². The molecule has 1 fully saturated rings. The number of hydrogen-bond acceptors (Lipinski definition) is 6. The Morgan fingerprint density at radius 2 is 1.91 bits per heavy atom. The van der Waals surface area contributed by atoms with Crippen molar-refractivity contribution >= 4 is 17.9 Å². The van der Waals surface area contributed by atoms with E-state index in [4.69, 9.17) is 4.74 Å². The number of amides is 2. The predicted octanol–water partition coefficient (Wildman–Crippen LogP) is 1.26. The van der Waals surface area contributed by atoms with Gasteiger partial charge >= 0.3 is 6.09 Å². The molecule has 23 heavy (non-hydrogen) atoms. The van der Waals surface area contributed by atoms with Gasteiger partial charge in [-0.25, -0.2) is 14.8 Å². The summed E-state index contributed by atoms with van der Waals surface area (Å²) in [6.45, 7) is 6.00. The number of nitrogens with one attached hydrogen (secondary N) is 2. The molecule has 0 aromatic carbocycles. The number of piperidine rings is 1. The van der Waals surface area contributed by atoms with E-state index in [1.54, 1.807) is 11.8 Å². The highest BCUT2D eigenvalue weighted by Gasteiger charge is 2.24. The number of aromatic nitrogens is 2. The minimum Gasteiger partial charge on any atom is -0.450 e. The molecular formula is C15H23N5O3. The zero-order valence-electron chi connectivity index (χ0n) is 13.5. The zero-order valence-corrected chi connectivity index (χ0v) is 13.5. The smallest absolute Gasteiger partial charge is 0.409 e. The molecule has 1 aromatic rings. The lowest BCUT2D eigenvalue weighted by Gasteiger charge is -2.31. The third-order valence-electron chi connectivity index (χ3n) is 3.61. The topological polar surface area (TPSA) is 96.5 Å². The molecule has 0 bridgehead atoms. The molecule has 0 aliphatic carbocycles. The fourth-order valence-corrected chi connectivity index (χ4v) is 2.38. The lowest BCUT2D eigenvalue weighted by Crippen LogP contribution is -2.46. The van der Waals surface area contributed by atoms with E-state index < -0.39 is 0 Å². The number of nitrogens with zero attached hydrogens (tertiary/aromatic N) is 3. The van der Waals surface area contributed by atoms with Gasteiger partial charge in [0, 0.05) is 38.1 Å². The first-order chi connectivity index (χ1) is 11.1. The Balaban J connectivity index is 1.81. The molecule has 2 amide bonds. The van der Waals surface area contributed by atoms with Gasteiger partial charge in [0.25, 0.3) is 5.91 Å². The van der Waals surface area contributed by atoms with E-state index in [1.165, 1.54) is 12.4 Å². The number of likely N-dealkylation sites (tertiary alicyclic amines) is 1. The highest BCUT2D eigenvalue weighted by atomic mass is 16.6. The van der Waals surface area contributed by atoms with Gasteiger partial charge in [0.2, 0.25) is 5.95 Å². The van der Waals surface area contributed by atoms with E-state index in [9.17, 15) is 9.59 Å². The standard InChI is InChI=1S/C15H23N5O3/c1-3-16-14-17-9-11(10-18-14)13(21)19-12-5-7-20(8-6-12)15(22)23-4-2/h9-10,12H,3-8H2,1-2H3,(H,19,21)(H,16,17,18). The van der Waals surface area contributed by atoms with Crippen LogP contribution in [-0.4, -0.2) is 59.2 Å². The molecule has 1 aliphatic heterocycles. The highest BCUT2D eigenvalue weighted by Crippen LogP contribution is 2.12. The van der Waals surface area contributed by atoms with Crippen molar-refractivity contribution in [3.63, 3.8) is 0 Å². The van der Waals surface area contributed by atoms with E-state index in [1.807, 2.05) is 6.92 Å². The summed E-state index contributed by atoms with van der Waals surface area (Å²) in [5.74, 6) is 0.314. The Kier molecular flexibility index (Phi) is 6.13. The summed E-state index contributed by atoms with van der Waals surface area (Å²) < 4.78 is 4.98. The SMILES string of the molecule is CCNc1ncc(C(=O)NC2CCN(C(=O)OCC)CC2)cn1. The Hall–Kier alpha value is -2.38. The van der Waals surface area contributed by atoms with E-state index >= 15 is 0 Å².